The third-order valence-corrected chi connectivity index (χ3v) is 2.35. The number of rotatable bonds is 1. The summed E-state index contributed by atoms with van der Waals surface area (Å²) in [4.78, 5) is 18.3. The normalized spacial score (nSPS) is 11.7. The van der Waals surface area contributed by atoms with E-state index in [9.17, 15) is 4.79 Å². The number of hydrogen-bond acceptors (Lipinski definition) is 2. The van der Waals surface area contributed by atoms with Gasteiger partial charge in [-0.2, -0.15) is 4.99 Å². The molecule has 0 saturated heterocycles. The van der Waals surface area contributed by atoms with E-state index in [1.165, 1.54) is 0 Å². The molecule has 0 aliphatic carbocycles. The van der Waals surface area contributed by atoms with Crippen LogP contribution in [0.2, 0.25) is 0 Å². The SMILES string of the molecule is CNC(N)=NC(=O)c1cc2cc(N)ccc2[nH]1. The van der Waals surface area contributed by atoms with Gasteiger partial charge in [-0.3, -0.25) is 4.79 Å². The van der Waals surface area contributed by atoms with E-state index in [2.05, 4.69) is 15.3 Å². The number of H-pyrrole nitrogens is 1. The van der Waals surface area contributed by atoms with Gasteiger partial charge in [-0.25, -0.2) is 0 Å². The fraction of sp³-hybridized carbons (Fsp3) is 0.0909. The molecule has 0 spiro atoms. The Balaban J connectivity index is 2.40. The van der Waals surface area contributed by atoms with E-state index in [-0.39, 0.29) is 5.96 Å². The molecule has 6 heteroatoms. The number of anilines is 1. The van der Waals surface area contributed by atoms with E-state index >= 15 is 0 Å². The molecule has 0 fully saturated rings. The number of amides is 1. The Hall–Kier alpha value is -2.50. The first-order valence-corrected chi connectivity index (χ1v) is 5.04. The minimum absolute atomic E-state index is 0.0770. The largest absolute Gasteiger partial charge is 0.399 e. The lowest BCUT2D eigenvalue weighted by molar-refractivity contribution is 0.0998. The first-order valence-electron chi connectivity index (χ1n) is 5.04. The van der Waals surface area contributed by atoms with Gasteiger partial charge in [0.15, 0.2) is 5.96 Å². The lowest BCUT2D eigenvalue weighted by Crippen LogP contribution is -2.28. The van der Waals surface area contributed by atoms with E-state index in [1.807, 2.05) is 6.07 Å². The molecule has 2 rings (SSSR count). The van der Waals surface area contributed by atoms with E-state index in [1.54, 1.807) is 25.2 Å². The van der Waals surface area contributed by atoms with Crippen molar-refractivity contribution >= 4 is 28.5 Å². The molecule has 1 amide bonds. The standard InChI is InChI=1S/C11H13N5O/c1-14-11(13)16-10(17)9-5-6-4-7(12)2-3-8(6)15-9/h2-5,15H,12H2,1H3,(H3,13,14,16,17). The van der Waals surface area contributed by atoms with Gasteiger partial charge in [-0.05, 0) is 24.3 Å². The van der Waals surface area contributed by atoms with Crippen molar-refractivity contribution in [1.82, 2.24) is 10.3 Å². The number of nitrogens with zero attached hydrogens (tertiary/aromatic N) is 1. The van der Waals surface area contributed by atoms with E-state index < -0.39 is 5.91 Å². The molecule has 6 N–H and O–H groups in total. The first-order chi connectivity index (χ1) is 8.10. The molecule has 0 aliphatic heterocycles. The molecule has 0 saturated carbocycles. The van der Waals surface area contributed by atoms with Gasteiger partial charge in [0.25, 0.3) is 5.91 Å². The lowest BCUT2D eigenvalue weighted by Gasteiger charge is -1.95. The van der Waals surface area contributed by atoms with Crippen LogP contribution in [0.5, 0.6) is 0 Å². The summed E-state index contributed by atoms with van der Waals surface area (Å²) in [5.41, 5.74) is 12.9. The molecule has 88 valence electrons. The number of fused-ring (bicyclic) bond motifs is 1. The zero-order chi connectivity index (χ0) is 12.4. The highest BCUT2D eigenvalue weighted by Crippen LogP contribution is 2.18. The highest BCUT2D eigenvalue weighted by molar-refractivity contribution is 6.04. The Morgan fingerprint density at radius 1 is 1.41 bits per heavy atom. The van der Waals surface area contributed by atoms with E-state index in [0.717, 1.165) is 10.9 Å². The van der Waals surface area contributed by atoms with Crippen molar-refractivity contribution in [2.45, 2.75) is 0 Å². The summed E-state index contributed by atoms with van der Waals surface area (Å²) < 4.78 is 0. The number of nitrogen functional groups attached to an aromatic ring is 1. The molecule has 0 radical (unpaired) electrons. The molecular weight excluding hydrogens is 218 g/mol. The minimum atomic E-state index is -0.424. The van der Waals surface area contributed by atoms with Crippen LogP contribution in [-0.4, -0.2) is 23.9 Å². The number of carbonyl (C=O) groups excluding carboxylic acids is 1. The summed E-state index contributed by atoms with van der Waals surface area (Å²) in [5.74, 6) is -0.347. The molecule has 6 nitrogen and oxygen atoms in total. The third-order valence-electron chi connectivity index (χ3n) is 2.35. The molecule has 17 heavy (non-hydrogen) atoms. The molecule has 2 aromatic rings. The number of hydrogen-bond donors (Lipinski definition) is 4. The van der Waals surface area contributed by atoms with Crippen LogP contribution in [0.1, 0.15) is 10.5 Å². The average molecular weight is 231 g/mol. The Morgan fingerprint density at radius 3 is 2.88 bits per heavy atom. The third kappa shape index (κ3) is 2.20. The van der Waals surface area contributed by atoms with Crippen LogP contribution >= 0.6 is 0 Å². The monoisotopic (exact) mass is 231 g/mol. The molecule has 0 unspecified atom stereocenters. The van der Waals surface area contributed by atoms with Crippen molar-refractivity contribution in [1.29, 1.82) is 0 Å². The Morgan fingerprint density at radius 2 is 2.18 bits per heavy atom. The van der Waals surface area contributed by atoms with Crippen molar-refractivity contribution in [2.75, 3.05) is 12.8 Å². The molecule has 1 aromatic heterocycles. The molecule has 1 heterocycles. The zero-order valence-electron chi connectivity index (χ0n) is 9.32. The van der Waals surface area contributed by atoms with Crippen LogP contribution in [0.15, 0.2) is 29.3 Å². The maximum Gasteiger partial charge on any atom is 0.296 e. The van der Waals surface area contributed by atoms with Gasteiger partial charge in [-0.15, -0.1) is 0 Å². The quantitative estimate of drug-likeness (QED) is 0.324. The van der Waals surface area contributed by atoms with Gasteiger partial charge in [0, 0.05) is 23.6 Å². The second-order valence-corrected chi connectivity index (χ2v) is 3.58. The zero-order valence-corrected chi connectivity index (χ0v) is 9.32. The lowest BCUT2D eigenvalue weighted by atomic mass is 10.2. The van der Waals surface area contributed by atoms with Crippen LogP contribution in [0, 0.1) is 0 Å². The van der Waals surface area contributed by atoms with Gasteiger partial charge in [0.1, 0.15) is 5.69 Å². The summed E-state index contributed by atoms with van der Waals surface area (Å²) in [6.45, 7) is 0. The number of benzene rings is 1. The fourth-order valence-corrected chi connectivity index (χ4v) is 1.49. The van der Waals surface area contributed by atoms with Crippen LogP contribution < -0.4 is 16.8 Å². The van der Waals surface area contributed by atoms with Gasteiger partial charge >= 0.3 is 0 Å². The summed E-state index contributed by atoms with van der Waals surface area (Å²) in [5, 5.41) is 3.45. The van der Waals surface area contributed by atoms with Crippen molar-refractivity contribution in [3.8, 4) is 0 Å². The highest BCUT2D eigenvalue weighted by atomic mass is 16.1. The Labute approximate surface area is 97.7 Å². The van der Waals surface area contributed by atoms with Gasteiger partial charge in [-0.1, -0.05) is 0 Å². The smallest absolute Gasteiger partial charge is 0.296 e. The van der Waals surface area contributed by atoms with E-state index in [4.69, 9.17) is 11.5 Å². The number of carbonyl (C=O) groups is 1. The van der Waals surface area contributed by atoms with Crippen LogP contribution in [0.4, 0.5) is 5.69 Å². The maximum absolute atomic E-state index is 11.7. The predicted molar refractivity (Wildman–Crippen MR) is 67.7 cm³/mol. The van der Waals surface area contributed by atoms with Crippen LogP contribution in [0.25, 0.3) is 10.9 Å². The van der Waals surface area contributed by atoms with E-state index in [0.29, 0.717) is 11.4 Å². The average Bonchev–Trinajstić information content (AvgIpc) is 2.71. The summed E-state index contributed by atoms with van der Waals surface area (Å²) >= 11 is 0. The number of aromatic amines is 1. The maximum atomic E-state index is 11.7. The summed E-state index contributed by atoms with van der Waals surface area (Å²) in [6, 6.07) is 7.05. The minimum Gasteiger partial charge on any atom is -0.399 e. The second kappa shape index (κ2) is 4.17. The molecule has 0 atom stereocenters. The molecule has 0 aliphatic rings. The molecular formula is C11H13N5O. The molecule has 1 aromatic carbocycles. The summed E-state index contributed by atoms with van der Waals surface area (Å²) in [6.07, 6.45) is 0. The number of nitrogens with two attached hydrogens (primary N) is 2. The van der Waals surface area contributed by atoms with Crippen molar-refractivity contribution in [2.24, 2.45) is 10.7 Å². The fourth-order valence-electron chi connectivity index (χ4n) is 1.49. The second-order valence-electron chi connectivity index (χ2n) is 3.58. The predicted octanol–water partition coefficient (Wildman–Crippen LogP) is 0.424. The van der Waals surface area contributed by atoms with Crippen molar-refractivity contribution in [3.63, 3.8) is 0 Å². The van der Waals surface area contributed by atoms with Crippen molar-refractivity contribution in [3.05, 3.63) is 30.0 Å². The van der Waals surface area contributed by atoms with Crippen molar-refractivity contribution < 1.29 is 4.79 Å². The first kappa shape index (κ1) is 11.0. The Kier molecular flexibility index (Phi) is 2.70. The van der Waals surface area contributed by atoms with Gasteiger partial charge in [0.2, 0.25) is 0 Å². The van der Waals surface area contributed by atoms with Crippen LogP contribution in [0.3, 0.4) is 0 Å². The number of guanidine groups is 1. The highest BCUT2D eigenvalue weighted by Gasteiger charge is 2.09. The van der Waals surface area contributed by atoms with Crippen LogP contribution in [-0.2, 0) is 0 Å². The molecule has 0 bridgehead atoms. The summed E-state index contributed by atoms with van der Waals surface area (Å²) in [7, 11) is 1.60. The topological polar surface area (TPSA) is 109 Å². The number of nitrogens with one attached hydrogen (secondary N) is 2. The number of aliphatic imine (C=N–C) groups is 1. The number of aromatic nitrogens is 1. The van der Waals surface area contributed by atoms with Gasteiger partial charge in [0.05, 0.1) is 0 Å². The van der Waals surface area contributed by atoms with Gasteiger partial charge < -0.3 is 21.8 Å². The Bertz CT molecular complexity index is 599.